The fraction of sp³-hybridized carbons (Fsp3) is 0.625. The molecule has 0 spiro atoms. The van der Waals surface area contributed by atoms with Gasteiger partial charge >= 0.3 is 23.9 Å². The minimum atomic E-state index is -1.29. The second kappa shape index (κ2) is 14.5. The maximum Gasteiger partial charge on any atom is 0.326 e. The number of nitrogens with zero attached hydrogens (tertiary/aromatic N) is 3. The summed E-state index contributed by atoms with van der Waals surface area (Å²) in [5.41, 5.74) is 10.3. The number of hydrogen-bond acceptors (Lipinski definition) is 8. The van der Waals surface area contributed by atoms with Crippen LogP contribution in [0.4, 0.5) is 0 Å². The quantitative estimate of drug-likeness (QED) is 0.0647. The minimum absolute atomic E-state index is 0.0295. The Kier molecular flexibility index (Phi) is 12.9. The average Bonchev–Trinajstić information content (AvgIpc) is 2.60. The number of aliphatic imine (C=N–C) groups is 1. The van der Waals surface area contributed by atoms with Crippen LogP contribution in [0.3, 0.4) is 0 Å². The molecule has 0 bridgehead atoms. The van der Waals surface area contributed by atoms with Gasteiger partial charge in [-0.15, -0.1) is 0 Å². The Morgan fingerprint density at radius 1 is 0.806 bits per heavy atom. The van der Waals surface area contributed by atoms with Crippen molar-refractivity contribution in [2.24, 2.45) is 16.5 Å². The molecule has 176 valence electrons. The van der Waals surface area contributed by atoms with Crippen LogP contribution in [0, 0.1) is 0 Å². The fourth-order valence-corrected chi connectivity index (χ4v) is 2.49. The van der Waals surface area contributed by atoms with Crippen molar-refractivity contribution in [3.63, 3.8) is 0 Å². The Bertz CT molecular complexity index is 664. The van der Waals surface area contributed by atoms with Gasteiger partial charge in [0.1, 0.15) is 6.04 Å². The van der Waals surface area contributed by atoms with E-state index in [-0.39, 0.29) is 38.4 Å². The van der Waals surface area contributed by atoms with Crippen molar-refractivity contribution in [3.05, 3.63) is 0 Å². The number of nitrogens with one attached hydrogen (secondary N) is 1. The first kappa shape index (κ1) is 27.5. The molecule has 0 saturated carbocycles. The molecule has 15 nitrogen and oxygen atoms in total. The first-order valence-electron chi connectivity index (χ1n) is 9.08. The van der Waals surface area contributed by atoms with Crippen LogP contribution >= 0.6 is 0 Å². The lowest BCUT2D eigenvalue weighted by Gasteiger charge is -2.25. The van der Waals surface area contributed by atoms with Gasteiger partial charge < -0.3 is 37.2 Å². The summed E-state index contributed by atoms with van der Waals surface area (Å²) in [7, 11) is 0. The number of carbonyl (C=O) groups excluding carboxylic acids is 1. The van der Waals surface area contributed by atoms with Gasteiger partial charge in [-0.3, -0.25) is 34.0 Å². The van der Waals surface area contributed by atoms with Crippen molar-refractivity contribution < 1.29 is 44.4 Å². The van der Waals surface area contributed by atoms with Crippen LogP contribution in [-0.4, -0.2) is 118 Å². The first-order chi connectivity index (χ1) is 14.4. The number of nitrogens with two attached hydrogens (primary N) is 2. The highest BCUT2D eigenvalue weighted by atomic mass is 16.4. The normalized spacial score (nSPS) is 11.7. The van der Waals surface area contributed by atoms with Crippen molar-refractivity contribution in [1.29, 1.82) is 0 Å². The number of aliphatic carboxylic acids is 4. The molecule has 0 unspecified atom stereocenters. The number of rotatable bonds is 17. The summed E-state index contributed by atoms with van der Waals surface area (Å²) >= 11 is 0. The largest absolute Gasteiger partial charge is 0.480 e. The molecule has 31 heavy (non-hydrogen) atoms. The van der Waals surface area contributed by atoms with E-state index < -0.39 is 62.0 Å². The molecule has 15 heteroatoms. The highest BCUT2D eigenvalue weighted by molar-refractivity contribution is 5.85. The van der Waals surface area contributed by atoms with Crippen molar-refractivity contribution in [3.8, 4) is 0 Å². The predicted molar refractivity (Wildman–Crippen MR) is 105 cm³/mol. The molecule has 0 aliphatic carbocycles. The van der Waals surface area contributed by atoms with E-state index in [0.29, 0.717) is 0 Å². The van der Waals surface area contributed by atoms with E-state index in [1.54, 1.807) is 0 Å². The molecule has 0 saturated heterocycles. The van der Waals surface area contributed by atoms with E-state index >= 15 is 0 Å². The van der Waals surface area contributed by atoms with Crippen molar-refractivity contribution in [2.45, 2.75) is 18.9 Å². The molecular weight excluding hydrogens is 420 g/mol. The zero-order chi connectivity index (χ0) is 24.0. The Labute approximate surface area is 177 Å². The predicted octanol–water partition coefficient (Wildman–Crippen LogP) is -3.53. The summed E-state index contributed by atoms with van der Waals surface area (Å²) in [6, 6.07) is -1.25. The molecule has 0 rings (SSSR count). The molecule has 0 aliphatic rings. The zero-order valence-electron chi connectivity index (χ0n) is 16.8. The zero-order valence-corrected chi connectivity index (χ0v) is 16.8. The molecule has 1 atom stereocenters. The van der Waals surface area contributed by atoms with E-state index in [1.165, 1.54) is 0 Å². The van der Waals surface area contributed by atoms with Gasteiger partial charge in [0, 0.05) is 19.6 Å². The van der Waals surface area contributed by atoms with Crippen molar-refractivity contribution in [2.75, 3.05) is 45.8 Å². The maximum atomic E-state index is 12.2. The van der Waals surface area contributed by atoms with Crippen LogP contribution in [0.5, 0.6) is 0 Å². The maximum absolute atomic E-state index is 12.2. The molecular formula is C16H28N6O9. The molecule has 0 aromatic rings. The third kappa shape index (κ3) is 15.1. The number of hydrogen-bond donors (Lipinski definition) is 7. The third-order valence-electron chi connectivity index (χ3n) is 3.75. The Morgan fingerprint density at radius 3 is 1.65 bits per heavy atom. The van der Waals surface area contributed by atoms with Gasteiger partial charge in [0.2, 0.25) is 5.91 Å². The molecule has 0 radical (unpaired) electrons. The van der Waals surface area contributed by atoms with Gasteiger partial charge in [-0.25, -0.2) is 4.79 Å². The highest BCUT2D eigenvalue weighted by Crippen LogP contribution is 2.00. The third-order valence-corrected chi connectivity index (χ3v) is 3.75. The molecule has 9 N–H and O–H groups in total. The molecule has 0 aromatic carbocycles. The van der Waals surface area contributed by atoms with E-state index in [4.69, 9.17) is 26.8 Å². The van der Waals surface area contributed by atoms with Crippen LogP contribution in [0.2, 0.25) is 0 Å². The van der Waals surface area contributed by atoms with Gasteiger partial charge in [-0.1, -0.05) is 0 Å². The minimum Gasteiger partial charge on any atom is -0.480 e. The van der Waals surface area contributed by atoms with Gasteiger partial charge in [0.25, 0.3) is 0 Å². The van der Waals surface area contributed by atoms with Crippen LogP contribution in [0.25, 0.3) is 0 Å². The molecule has 0 aliphatic heterocycles. The summed E-state index contributed by atoms with van der Waals surface area (Å²) in [5.74, 6) is -6.03. The summed E-state index contributed by atoms with van der Waals surface area (Å²) in [5, 5.41) is 38.2. The lowest BCUT2D eigenvalue weighted by atomic mass is 10.1. The number of carbonyl (C=O) groups is 5. The highest BCUT2D eigenvalue weighted by Gasteiger charge is 2.22. The second-order valence-corrected chi connectivity index (χ2v) is 6.51. The lowest BCUT2D eigenvalue weighted by molar-refractivity contribution is -0.144. The Hall–Kier alpha value is -3.46. The molecule has 0 fully saturated rings. The van der Waals surface area contributed by atoms with Crippen LogP contribution in [0.15, 0.2) is 4.99 Å². The van der Waals surface area contributed by atoms with E-state index in [9.17, 15) is 29.1 Å². The Morgan fingerprint density at radius 2 is 1.26 bits per heavy atom. The monoisotopic (exact) mass is 448 g/mol. The molecule has 0 heterocycles. The number of carboxylic acids is 4. The summed E-state index contributed by atoms with van der Waals surface area (Å²) in [6.07, 6.45) is 0.301. The standard InChI is InChI=1S/C16H28N6O9/c17-16(18)19-3-1-2-10(15(30)31)20-11(23)6-21(7-12(24)25)4-5-22(8-13(26)27)9-14(28)29/h10H,1-9H2,(H,20,23)(H,24,25)(H,26,27)(H,28,29)(H,30,31)(H4,17,18,19)/t10-/m0/s1. The SMILES string of the molecule is NC(N)=NCCC[C@H](NC(=O)CN(CCN(CC(=O)O)CC(=O)O)CC(=O)O)C(=O)O. The Balaban J connectivity index is 4.91. The van der Waals surface area contributed by atoms with Crippen molar-refractivity contribution in [1.82, 2.24) is 15.1 Å². The summed E-state index contributed by atoms with van der Waals surface area (Å²) in [4.78, 5) is 62.1. The van der Waals surface area contributed by atoms with Gasteiger partial charge in [0.15, 0.2) is 5.96 Å². The number of carboxylic acid groups (broad SMARTS) is 4. The summed E-state index contributed by atoms with van der Waals surface area (Å²) in [6.45, 7) is -2.37. The second-order valence-electron chi connectivity index (χ2n) is 6.51. The molecule has 1 amide bonds. The van der Waals surface area contributed by atoms with Gasteiger partial charge in [-0.2, -0.15) is 0 Å². The van der Waals surface area contributed by atoms with Crippen LogP contribution in [0.1, 0.15) is 12.8 Å². The van der Waals surface area contributed by atoms with Crippen LogP contribution in [-0.2, 0) is 24.0 Å². The molecule has 0 aromatic heterocycles. The number of amides is 1. The van der Waals surface area contributed by atoms with E-state index in [0.717, 1.165) is 9.80 Å². The van der Waals surface area contributed by atoms with Gasteiger partial charge in [-0.05, 0) is 12.8 Å². The summed E-state index contributed by atoms with van der Waals surface area (Å²) < 4.78 is 0. The lowest BCUT2D eigenvalue weighted by Crippen LogP contribution is -2.48. The smallest absolute Gasteiger partial charge is 0.326 e. The average molecular weight is 448 g/mol. The van der Waals surface area contributed by atoms with Crippen LogP contribution < -0.4 is 16.8 Å². The first-order valence-corrected chi connectivity index (χ1v) is 9.08. The fourth-order valence-electron chi connectivity index (χ4n) is 2.49. The number of guanidine groups is 1. The van der Waals surface area contributed by atoms with Gasteiger partial charge in [0.05, 0.1) is 26.2 Å². The van der Waals surface area contributed by atoms with Crippen molar-refractivity contribution >= 4 is 35.7 Å². The van der Waals surface area contributed by atoms with E-state index in [2.05, 4.69) is 10.3 Å². The van der Waals surface area contributed by atoms with E-state index in [1.807, 2.05) is 0 Å². The topological polar surface area (TPSA) is 249 Å².